The first-order valence-electron chi connectivity index (χ1n) is 40.5. The van der Waals surface area contributed by atoms with Gasteiger partial charge in [0.2, 0.25) is 6.69 Å². The molecule has 0 aliphatic carbocycles. The van der Waals surface area contributed by atoms with Crippen molar-refractivity contribution in [1.29, 1.82) is 0 Å². The molecule has 16 aromatic carbocycles. The molecule has 3 nitrogen and oxygen atoms in total. The molecule has 0 fully saturated rings. The van der Waals surface area contributed by atoms with E-state index in [0.29, 0.717) is 10.5 Å². The Hall–Kier alpha value is -7.28. The Morgan fingerprint density at radius 1 is 0.398 bits per heavy atom. The fourth-order valence-electron chi connectivity index (χ4n) is 14.7. The van der Waals surface area contributed by atoms with Gasteiger partial charge in [-0.05, 0) is 222 Å². The third-order valence-corrected chi connectivity index (χ3v) is 34.1. The van der Waals surface area contributed by atoms with Crippen molar-refractivity contribution in [3.05, 3.63) is 415 Å². The Morgan fingerprint density at radius 3 is 1.20 bits per heavy atom. The van der Waals surface area contributed by atoms with Gasteiger partial charge in [0, 0.05) is 54.9 Å². The molecule has 4 N–H and O–H groups in total. The van der Waals surface area contributed by atoms with E-state index in [9.17, 15) is 0 Å². The number of rotatable bonds is 9. The Kier molecular flexibility index (Phi) is 38.9. The zero-order valence-corrected chi connectivity index (χ0v) is 85.0. The third kappa shape index (κ3) is 27.1. The minimum absolute atomic E-state index is 0. The van der Waals surface area contributed by atoms with Crippen LogP contribution in [-0.4, -0.2) is 48.8 Å². The summed E-state index contributed by atoms with van der Waals surface area (Å²) in [5.74, 6) is 0. The molecule has 620 valence electrons. The van der Waals surface area contributed by atoms with Gasteiger partial charge in [-0.3, -0.25) is 0 Å². The van der Waals surface area contributed by atoms with E-state index >= 15 is 0 Å². The van der Waals surface area contributed by atoms with Gasteiger partial charge in [-0.25, -0.2) is 0 Å². The van der Waals surface area contributed by atoms with Gasteiger partial charge in [-0.15, -0.1) is 22.2 Å². The molecule has 18 rings (SSSR count). The van der Waals surface area contributed by atoms with Gasteiger partial charge < -0.3 is 22.7 Å². The molecule has 0 spiro atoms. The van der Waals surface area contributed by atoms with Crippen LogP contribution in [0.5, 0.6) is 0 Å². The molecule has 0 saturated heterocycles. The Labute approximate surface area is 806 Å². The number of nitrogens with two attached hydrogens (primary N) is 1. The quantitative estimate of drug-likeness (QED) is 0.0444. The Balaban J connectivity index is 0.000000166. The van der Waals surface area contributed by atoms with Gasteiger partial charge in [-0.2, -0.15) is 6.42 Å². The van der Waals surface area contributed by atoms with Crippen LogP contribution in [0.1, 0.15) is 30.9 Å². The minimum atomic E-state index is -1.67. The number of halogens is 9. The summed E-state index contributed by atoms with van der Waals surface area (Å²) in [6, 6.07) is 125. The summed E-state index contributed by atoms with van der Waals surface area (Å²) in [5, 5.41) is 33.0. The van der Waals surface area contributed by atoms with Crippen molar-refractivity contribution in [2.75, 3.05) is 5.73 Å². The van der Waals surface area contributed by atoms with Crippen molar-refractivity contribution >= 4 is 220 Å². The predicted octanol–water partition coefficient (Wildman–Crippen LogP) is 26.5. The average molecular weight is 2040 g/mol. The van der Waals surface area contributed by atoms with E-state index in [2.05, 4.69) is 344 Å². The van der Waals surface area contributed by atoms with Crippen molar-refractivity contribution in [2.24, 2.45) is 0 Å². The Bertz CT molecular complexity index is 6050. The molecular weight excluding hydrogens is 1940 g/mol. The summed E-state index contributed by atoms with van der Waals surface area (Å²) in [7, 11) is -5.40. The standard InChI is InChI=1S/C31H26Si.C16H13N.C14H13ClSi.C14H15ClSi.C12H8BrCl.C6H6BClO2.C6H4BrI.C4H9.C2H6Cl2Si.Li/c1-32(2)29-15-6-5-13-28(29)31-25(11-8-16-30(31)32)21-22-17-19-24(20-18-22)27-14-7-10-23-9-3-4-12-26(23)27;17-14-10-8-13(9-11-14)16-7-3-5-12-4-1-2-6-15(12)16;1-16(2)12-8-4-3-6-10(12)14-11(15)7-5-9-13(14)16;1-16(2)14-10-6-4-8-12(14)11-7-3-5-9-13(11)15;13-11-7-3-1-5-9(11)10-6-2-4-8-12(10)14;8-6-4-2-1-3-5(6)7(9)10;7-5-3-1-2-4-6(5)8;1-3-4-2;1-5(2,3)4;/h3-20H,21H2,1-2H3;1-11H,17H2;3-9H,1-2H3;3-10,16H,1-2H3;1-8H;1-4,9-10H;1-4H;1,3-4H2,2H3;1-2H3;/q;;;;;;;-1;;+1. The molecule has 18 heteroatoms. The summed E-state index contributed by atoms with van der Waals surface area (Å²) >= 11 is 44.3. The molecular formula is C105H100BBr2Cl6ILiNO2Si4. The summed E-state index contributed by atoms with van der Waals surface area (Å²) in [5.41, 5.74) is 24.9. The molecule has 0 saturated carbocycles. The van der Waals surface area contributed by atoms with E-state index in [1.807, 2.05) is 116 Å². The van der Waals surface area contributed by atoms with Crippen LogP contribution in [0, 0.1) is 10.5 Å². The van der Waals surface area contributed by atoms with Crippen LogP contribution in [0.3, 0.4) is 0 Å². The van der Waals surface area contributed by atoms with Crippen LogP contribution in [0.25, 0.3) is 88.3 Å². The van der Waals surface area contributed by atoms with Gasteiger partial charge in [0.25, 0.3) is 0 Å². The van der Waals surface area contributed by atoms with Crippen LogP contribution in [0.4, 0.5) is 5.69 Å². The monoisotopic (exact) mass is 2030 g/mol. The molecule has 0 radical (unpaired) electrons. The van der Waals surface area contributed by atoms with Gasteiger partial charge in [0.15, 0.2) is 0 Å². The zero-order valence-electron chi connectivity index (χ0n) is 71.0. The summed E-state index contributed by atoms with van der Waals surface area (Å²) in [4.78, 5) is 0. The number of fused-ring (bicyclic) bond motifs is 8. The van der Waals surface area contributed by atoms with E-state index in [1.54, 1.807) is 34.6 Å². The topological polar surface area (TPSA) is 66.5 Å². The number of benzene rings is 16. The first-order chi connectivity index (χ1) is 58.5. The average Bonchev–Trinajstić information content (AvgIpc) is 1.59. The molecule has 0 atom stereocenters. The summed E-state index contributed by atoms with van der Waals surface area (Å²) < 4.78 is 3.49. The number of nitrogen functional groups attached to an aromatic ring is 1. The molecule has 0 unspecified atom stereocenters. The van der Waals surface area contributed by atoms with Crippen molar-refractivity contribution in [2.45, 2.75) is 78.6 Å². The summed E-state index contributed by atoms with van der Waals surface area (Å²) in [6.45, 7) is 22.2. The van der Waals surface area contributed by atoms with Crippen LogP contribution >= 0.6 is 123 Å². The minimum Gasteiger partial charge on any atom is -0.423 e. The molecule has 0 amide bonds. The molecule has 2 aliphatic rings. The van der Waals surface area contributed by atoms with Crippen molar-refractivity contribution in [1.82, 2.24) is 0 Å². The van der Waals surface area contributed by atoms with Crippen LogP contribution < -0.4 is 56.0 Å². The van der Waals surface area contributed by atoms with Gasteiger partial charge in [0.1, 0.15) is 16.1 Å². The predicted molar refractivity (Wildman–Crippen MR) is 566 cm³/mol. The van der Waals surface area contributed by atoms with Gasteiger partial charge in [0.05, 0.1) is 8.80 Å². The normalized spacial score (nSPS) is 11.7. The largest absolute Gasteiger partial charge is 1.00 e. The van der Waals surface area contributed by atoms with E-state index in [-0.39, 0.29) is 18.9 Å². The van der Waals surface area contributed by atoms with Crippen molar-refractivity contribution < 1.29 is 28.9 Å². The van der Waals surface area contributed by atoms with E-state index in [0.717, 1.165) is 54.8 Å². The molecule has 0 bridgehead atoms. The number of hydrogen-bond donors (Lipinski definition) is 3. The zero-order chi connectivity index (χ0) is 87.7. The maximum absolute atomic E-state index is 8.68. The van der Waals surface area contributed by atoms with Gasteiger partial charge >= 0.3 is 26.0 Å². The SMILES string of the molecule is Brc1ccccc1I.C[SiH](C)c1ccccc1-c1ccccc1Cl.C[Si](C)(Cl)Cl.C[Si]1(C)c2ccccc2-c2c(Cc3ccc(-c4cccc5ccccc45)cc3)cccc21.C[Si]1(C)c2ccccc2-c2c(Cl)cccc21.Clc1ccccc1-c1ccccc1Br.Nc1ccc(-c2cccc3ccccc23)cc1.OB(O)c1ccccc1Cl.[CH2-]CCC.[Li+]. The first kappa shape index (κ1) is 99.5. The van der Waals surface area contributed by atoms with Crippen molar-refractivity contribution in [3.63, 3.8) is 0 Å². The van der Waals surface area contributed by atoms with Crippen LogP contribution in [-0.2, 0) is 6.42 Å². The number of anilines is 1. The second-order valence-corrected chi connectivity index (χ2v) is 56.1. The molecule has 2 heterocycles. The van der Waals surface area contributed by atoms with Gasteiger partial charge in [-0.1, -0.05) is 430 Å². The molecule has 16 aromatic rings. The maximum Gasteiger partial charge on any atom is 1.00 e. The second-order valence-electron chi connectivity index (χ2n) is 31.1. The van der Waals surface area contributed by atoms with E-state index in [4.69, 9.17) is 84.3 Å². The molecule has 123 heavy (non-hydrogen) atoms. The second kappa shape index (κ2) is 48.0. The number of unbranched alkanes of at least 4 members (excludes halogenated alkanes) is 1. The third-order valence-electron chi connectivity index (χ3n) is 20.9. The van der Waals surface area contributed by atoms with Crippen LogP contribution in [0.15, 0.2) is 373 Å². The molecule has 0 aromatic heterocycles. The molecule has 2 aliphatic heterocycles. The van der Waals surface area contributed by atoms with Crippen LogP contribution in [0.2, 0.25) is 72.5 Å². The fourth-order valence-corrected chi connectivity index (χ4v) is 24.5. The number of hydrogen-bond acceptors (Lipinski definition) is 3. The summed E-state index contributed by atoms with van der Waals surface area (Å²) in [6.07, 6.45) is 3.25. The van der Waals surface area contributed by atoms with E-state index in [1.165, 1.54) is 113 Å². The Morgan fingerprint density at radius 2 is 0.748 bits per heavy atom. The first-order valence-corrected chi connectivity index (χ1v) is 58.6. The smallest absolute Gasteiger partial charge is 0.423 e. The maximum atomic E-state index is 8.68. The van der Waals surface area contributed by atoms with Crippen molar-refractivity contribution in [3.8, 4) is 66.8 Å². The fraction of sp³-hybridized carbons (Fsp3) is 0.114. The van der Waals surface area contributed by atoms with E-state index < -0.39 is 38.8 Å².